The van der Waals surface area contributed by atoms with Crippen molar-refractivity contribution in [3.8, 4) is 5.13 Å². The molecule has 27 heavy (non-hydrogen) atoms. The third-order valence-electron chi connectivity index (χ3n) is 4.67. The molecule has 0 fully saturated rings. The summed E-state index contributed by atoms with van der Waals surface area (Å²) in [6, 6.07) is 6.04. The highest BCUT2D eigenvalue weighted by atomic mass is 32.1. The quantitative estimate of drug-likeness (QED) is 0.703. The Morgan fingerprint density at radius 3 is 2.48 bits per heavy atom. The van der Waals surface area contributed by atoms with E-state index in [2.05, 4.69) is 10.3 Å². The molecule has 1 aromatic carbocycles. The van der Waals surface area contributed by atoms with Crippen molar-refractivity contribution in [2.75, 3.05) is 0 Å². The van der Waals surface area contributed by atoms with Gasteiger partial charge in [-0.3, -0.25) is 9.36 Å². The summed E-state index contributed by atoms with van der Waals surface area (Å²) in [6.45, 7) is 7.60. The molecule has 2 heterocycles. The predicted octanol–water partition coefficient (Wildman–Crippen LogP) is 3.72. The molecule has 0 spiro atoms. The van der Waals surface area contributed by atoms with E-state index in [1.54, 1.807) is 24.4 Å². The number of amides is 1. The van der Waals surface area contributed by atoms with Crippen LogP contribution in [0, 0.1) is 27.7 Å². The first kappa shape index (κ1) is 18.8. The normalized spacial score (nSPS) is 12.0. The van der Waals surface area contributed by atoms with Crippen LogP contribution in [0.15, 0.2) is 35.8 Å². The monoisotopic (exact) mass is 383 g/mol. The molecular weight excluding hydrogens is 362 g/mol. The number of nitrogens with zero attached hydrogens (tertiary/aromatic N) is 2. The molecule has 0 saturated carbocycles. The maximum Gasteiger partial charge on any atom is 0.330 e. The molecule has 0 saturated heterocycles. The molecule has 140 valence electrons. The Morgan fingerprint density at radius 1 is 1.15 bits per heavy atom. The second kappa shape index (κ2) is 7.36. The molecule has 3 aromatic rings. The highest BCUT2D eigenvalue weighted by molar-refractivity contribution is 7.12. The van der Waals surface area contributed by atoms with Crippen molar-refractivity contribution in [2.45, 2.75) is 33.7 Å². The van der Waals surface area contributed by atoms with Crippen LogP contribution < -0.4 is 5.32 Å². The lowest BCUT2D eigenvalue weighted by Crippen LogP contribution is -2.34. The number of hydrogen-bond donors (Lipinski definition) is 2. The van der Waals surface area contributed by atoms with Crippen LogP contribution in [0.4, 0.5) is 0 Å². The van der Waals surface area contributed by atoms with Crippen LogP contribution in [0.25, 0.3) is 5.13 Å². The topological polar surface area (TPSA) is 84.2 Å². The fraction of sp³-hybridized carbons (Fsp3) is 0.250. The van der Waals surface area contributed by atoms with Crippen LogP contribution in [0.5, 0.6) is 0 Å². The van der Waals surface area contributed by atoms with Gasteiger partial charge in [0.1, 0.15) is 0 Å². The maximum atomic E-state index is 12.8. The summed E-state index contributed by atoms with van der Waals surface area (Å²) in [4.78, 5) is 28.9. The van der Waals surface area contributed by atoms with Crippen molar-refractivity contribution in [1.29, 1.82) is 0 Å². The van der Waals surface area contributed by atoms with Crippen LogP contribution in [0.2, 0.25) is 0 Å². The molecule has 2 aromatic heterocycles. The second-order valence-corrected chi connectivity index (χ2v) is 7.40. The number of carboxylic acid groups (broad SMARTS) is 1. The van der Waals surface area contributed by atoms with Crippen molar-refractivity contribution in [1.82, 2.24) is 14.9 Å². The summed E-state index contributed by atoms with van der Waals surface area (Å²) in [7, 11) is 0. The molecule has 2 N–H and O–H groups in total. The molecule has 7 heteroatoms. The zero-order valence-electron chi connectivity index (χ0n) is 15.6. The number of aliphatic carboxylic acids is 1. The summed E-state index contributed by atoms with van der Waals surface area (Å²) in [5.41, 5.74) is 4.64. The summed E-state index contributed by atoms with van der Waals surface area (Å²) in [6.07, 6.45) is 1.71. The van der Waals surface area contributed by atoms with E-state index in [0.29, 0.717) is 11.1 Å². The van der Waals surface area contributed by atoms with Crippen molar-refractivity contribution in [3.05, 3.63) is 69.5 Å². The van der Waals surface area contributed by atoms with Gasteiger partial charge in [-0.15, -0.1) is 11.3 Å². The number of hydrogen-bond acceptors (Lipinski definition) is 4. The van der Waals surface area contributed by atoms with Gasteiger partial charge in [0.2, 0.25) is 0 Å². The zero-order valence-corrected chi connectivity index (χ0v) is 16.4. The minimum Gasteiger partial charge on any atom is -0.479 e. The minimum absolute atomic E-state index is 0.420. The standard InChI is InChI=1S/C20H21N3O3S/c1-11-5-6-15(9-12(11)2)17(19(25)26)22-18(24)16-10-13(3)23(14(16)4)20-21-7-8-27-20/h5-10,17H,1-4H3,(H,22,24)(H,25,26). The van der Waals surface area contributed by atoms with Crippen molar-refractivity contribution < 1.29 is 14.7 Å². The van der Waals surface area contributed by atoms with Crippen molar-refractivity contribution in [2.24, 2.45) is 0 Å². The van der Waals surface area contributed by atoms with Gasteiger partial charge in [0.15, 0.2) is 11.2 Å². The molecule has 0 aliphatic rings. The van der Waals surface area contributed by atoms with E-state index in [0.717, 1.165) is 27.6 Å². The Balaban J connectivity index is 1.92. The number of thiazole rings is 1. The average molecular weight is 383 g/mol. The molecule has 0 bridgehead atoms. The second-order valence-electron chi connectivity index (χ2n) is 6.52. The largest absolute Gasteiger partial charge is 0.479 e. The number of rotatable bonds is 5. The zero-order chi connectivity index (χ0) is 19.7. The fourth-order valence-electron chi connectivity index (χ4n) is 3.05. The van der Waals surface area contributed by atoms with E-state index >= 15 is 0 Å². The summed E-state index contributed by atoms with van der Waals surface area (Å²) in [5, 5.41) is 14.9. The minimum atomic E-state index is -1.11. The summed E-state index contributed by atoms with van der Waals surface area (Å²) in [5.74, 6) is -1.52. The smallest absolute Gasteiger partial charge is 0.330 e. The van der Waals surface area contributed by atoms with Crippen LogP contribution in [0.3, 0.4) is 0 Å². The third kappa shape index (κ3) is 3.64. The Bertz CT molecular complexity index is 1010. The average Bonchev–Trinajstić information content (AvgIpc) is 3.22. The van der Waals surface area contributed by atoms with Crippen LogP contribution in [-0.2, 0) is 4.79 Å². The van der Waals surface area contributed by atoms with Gasteiger partial charge in [-0.25, -0.2) is 9.78 Å². The number of carbonyl (C=O) groups is 2. The van der Waals surface area contributed by atoms with Gasteiger partial charge >= 0.3 is 5.97 Å². The lowest BCUT2D eigenvalue weighted by atomic mass is 10.0. The van der Waals surface area contributed by atoms with E-state index in [9.17, 15) is 14.7 Å². The highest BCUT2D eigenvalue weighted by Gasteiger charge is 2.25. The van der Waals surface area contributed by atoms with Gasteiger partial charge < -0.3 is 10.4 Å². The van der Waals surface area contributed by atoms with E-state index < -0.39 is 17.9 Å². The van der Waals surface area contributed by atoms with Crippen LogP contribution in [0.1, 0.15) is 44.5 Å². The van der Waals surface area contributed by atoms with E-state index in [4.69, 9.17) is 0 Å². The van der Waals surface area contributed by atoms with Crippen molar-refractivity contribution >= 4 is 23.2 Å². The number of carbonyl (C=O) groups excluding carboxylic acids is 1. The van der Waals surface area contributed by atoms with Gasteiger partial charge in [0.25, 0.3) is 5.91 Å². The van der Waals surface area contributed by atoms with E-state index in [1.807, 2.05) is 43.7 Å². The van der Waals surface area contributed by atoms with E-state index in [-0.39, 0.29) is 0 Å². The van der Waals surface area contributed by atoms with Gasteiger partial charge in [-0.2, -0.15) is 0 Å². The first-order chi connectivity index (χ1) is 12.8. The molecule has 3 rings (SSSR count). The highest BCUT2D eigenvalue weighted by Crippen LogP contribution is 2.24. The van der Waals surface area contributed by atoms with Gasteiger partial charge in [0, 0.05) is 23.0 Å². The van der Waals surface area contributed by atoms with E-state index in [1.165, 1.54) is 11.3 Å². The number of aryl methyl sites for hydroxylation is 3. The summed E-state index contributed by atoms with van der Waals surface area (Å²) < 4.78 is 1.89. The Labute approximate surface area is 161 Å². The number of carboxylic acids is 1. The van der Waals surface area contributed by atoms with Crippen LogP contribution >= 0.6 is 11.3 Å². The van der Waals surface area contributed by atoms with Gasteiger partial charge in [-0.05, 0) is 50.5 Å². The fourth-order valence-corrected chi connectivity index (χ4v) is 3.81. The third-order valence-corrected chi connectivity index (χ3v) is 5.43. The molecule has 0 radical (unpaired) electrons. The maximum absolute atomic E-state index is 12.8. The molecule has 1 amide bonds. The summed E-state index contributed by atoms with van der Waals surface area (Å²) >= 11 is 1.47. The number of nitrogens with one attached hydrogen (secondary N) is 1. The molecule has 1 unspecified atom stereocenters. The molecule has 0 aliphatic carbocycles. The first-order valence-corrected chi connectivity index (χ1v) is 9.37. The molecule has 1 atom stereocenters. The Morgan fingerprint density at radius 2 is 1.89 bits per heavy atom. The number of benzene rings is 1. The number of aromatic nitrogens is 2. The van der Waals surface area contributed by atoms with Gasteiger partial charge in [0.05, 0.1) is 5.56 Å². The SMILES string of the molecule is Cc1ccc(C(NC(=O)c2cc(C)n(-c3nccs3)c2C)C(=O)O)cc1C. The molecule has 6 nitrogen and oxygen atoms in total. The Hall–Kier alpha value is -2.93. The van der Waals surface area contributed by atoms with Crippen molar-refractivity contribution in [3.63, 3.8) is 0 Å². The Kier molecular flexibility index (Phi) is 5.14. The lowest BCUT2D eigenvalue weighted by Gasteiger charge is -2.16. The first-order valence-electron chi connectivity index (χ1n) is 8.49. The van der Waals surface area contributed by atoms with Crippen LogP contribution in [-0.4, -0.2) is 26.5 Å². The molecular formula is C20H21N3O3S. The lowest BCUT2D eigenvalue weighted by molar-refractivity contribution is -0.139. The molecule has 0 aliphatic heterocycles. The predicted molar refractivity (Wildman–Crippen MR) is 105 cm³/mol. The van der Waals surface area contributed by atoms with Gasteiger partial charge in [-0.1, -0.05) is 18.2 Å².